The Kier molecular flexibility index (Phi) is 5.31. The highest BCUT2D eigenvalue weighted by molar-refractivity contribution is 5.79. The van der Waals surface area contributed by atoms with Gasteiger partial charge in [0, 0.05) is 6.54 Å². The number of carbonyl (C=O) groups excluding carboxylic acids is 1. The van der Waals surface area contributed by atoms with E-state index in [-0.39, 0.29) is 18.2 Å². The molecule has 0 saturated heterocycles. The van der Waals surface area contributed by atoms with Crippen LogP contribution in [0, 0.1) is 0 Å². The SMILES string of the molecule is O=C(Cn1c(=O)oc2ccccc21)NCCc1ccc(OC(F)F)cc1. The van der Waals surface area contributed by atoms with Gasteiger partial charge in [-0.05, 0) is 36.2 Å². The molecular formula is C18H16F2N2O4. The van der Waals surface area contributed by atoms with Crippen molar-refractivity contribution in [3.63, 3.8) is 0 Å². The highest BCUT2D eigenvalue weighted by Crippen LogP contribution is 2.15. The van der Waals surface area contributed by atoms with E-state index in [4.69, 9.17) is 4.42 Å². The van der Waals surface area contributed by atoms with Gasteiger partial charge in [0.15, 0.2) is 5.58 Å². The van der Waals surface area contributed by atoms with Crippen LogP contribution in [0.3, 0.4) is 0 Å². The molecule has 0 bridgehead atoms. The predicted molar refractivity (Wildman–Crippen MR) is 90.3 cm³/mol. The van der Waals surface area contributed by atoms with Gasteiger partial charge in [0.2, 0.25) is 5.91 Å². The van der Waals surface area contributed by atoms with Crippen molar-refractivity contribution >= 4 is 17.0 Å². The summed E-state index contributed by atoms with van der Waals surface area (Å²) in [7, 11) is 0. The van der Waals surface area contributed by atoms with Gasteiger partial charge in [0.25, 0.3) is 0 Å². The standard InChI is InChI=1S/C18H16F2N2O4/c19-17(20)25-13-7-5-12(6-8-13)9-10-21-16(23)11-22-14-3-1-2-4-15(14)26-18(22)24/h1-8,17H,9-11H2,(H,21,23). The van der Waals surface area contributed by atoms with Crippen molar-refractivity contribution in [2.45, 2.75) is 19.6 Å². The Hall–Kier alpha value is -3.16. The van der Waals surface area contributed by atoms with E-state index in [0.717, 1.165) is 5.56 Å². The summed E-state index contributed by atoms with van der Waals surface area (Å²) >= 11 is 0. The average molecular weight is 362 g/mol. The summed E-state index contributed by atoms with van der Waals surface area (Å²) in [5, 5.41) is 2.72. The smallest absolute Gasteiger partial charge is 0.420 e. The minimum atomic E-state index is -2.86. The molecule has 136 valence electrons. The largest absolute Gasteiger partial charge is 0.435 e. The average Bonchev–Trinajstić information content (AvgIpc) is 2.92. The fourth-order valence-electron chi connectivity index (χ4n) is 2.55. The highest BCUT2D eigenvalue weighted by atomic mass is 19.3. The number of oxazole rings is 1. The van der Waals surface area contributed by atoms with Gasteiger partial charge in [-0.2, -0.15) is 8.78 Å². The summed E-state index contributed by atoms with van der Waals surface area (Å²) in [4.78, 5) is 23.9. The molecule has 0 spiro atoms. The number of carbonyl (C=O) groups is 1. The number of fused-ring (bicyclic) bond motifs is 1. The molecule has 0 aliphatic rings. The molecule has 0 fully saturated rings. The number of benzene rings is 2. The lowest BCUT2D eigenvalue weighted by Crippen LogP contribution is -2.32. The number of aromatic nitrogens is 1. The number of alkyl halides is 2. The summed E-state index contributed by atoms with van der Waals surface area (Å²) in [6.45, 7) is -2.65. The Labute approximate surface area is 147 Å². The van der Waals surface area contributed by atoms with Crippen LogP contribution in [0.25, 0.3) is 11.1 Å². The third kappa shape index (κ3) is 4.27. The van der Waals surface area contributed by atoms with E-state index >= 15 is 0 Å². The topological polar surface area (TPSA) is 73.5 Å². The van der Waals surface area contributed by atoms with Gasteiger partial charge in [0.1, 0.15) is 12.3 Å². The molecule has 2 aromatic carbocycles. The second kappa shape index (κ2) is 7.81. The van der Waals surface area contributed by atoms with Crippen LogP contribution in [0.5, 0.6) is 5.75 Å². The van der Waals surface area contributed by atoms with Crippen molar-refractivity contribution in [2.24, 2.45) is 0 Å². The van der Waals surface area contributed by atoms with Crippen LogP contribution < -0.4 is 15.8 Å². The van der Waals surface area contributed by atoms with Crippen molar-refractivity contribution in [3.05, 3.63) is 64.6 Å². The molecule has 0 aliphatic carbocycles. The second-order valence-electron chi connectivity index (χ2n) is 5.54. The molecule has 0 atom stereocenters. The van der Waals surface area contributed by atoms with E-state index in [2.05, 4.69) is 10.1 Å². The molecule has 0 saturated carbocycles. The highest BCUT2D eigenvalue weighted by Gasteiger charge is 2.12. The van der Waals surface area contributed by atoms with Crippen molar-refractivity contribution in [2.75, 3.05) is 6.54 Å². The number of nitrogens with one attached hydrogen (secondary N) is 1. The fraction of sp³-hybridized carbons (Fsp3) is 0.222. The van der Waals surface area contributed by atoms with Gasteiger partial charge < -0.3 is 14.5 Å². The zero-order valence-corrected chi connectivity index (χ0v) is 13.7. The Balaban J connectivity index is 1.53. The monoisotopic (exact) mass is 362 g/mol. The maximum absolute atomic E-state index is 12.1. The maximum Gasteiger partial charge on any atom is 0.420 e. The van der Waals surface area contributed by atoms with Crippen LogP contribution in [0.15, 0.2) is 57.7 Å². The van der Waals surface area contributed by atoms with E-state index in [1.807, 2.05) is 0 Å². The minimum Gasteiger partial charge on any atom is -0.435 e. The fourth-order valence-corrected chi connectivity index (χ4v) is 2.55. The molecule has 0 radical (unpaired) electrons. The van der Waals surface area contributed by atoms with Crippen molar-refractivity contribution in [3.8, 4) is 5.75 Å². The van der Waals surface area contributed by atoms with E-state index < -0.39 is 12.4 Å². The molecule has 8 heteroatoms. The molecule has 0 aliphatic heterocycles. The molecule has 3 aromatic rings. The van der Waals surface area contributed by atoms with Crippen LogP contribution in [0.1, 0.15) is 5.56 Å². The van der Waals surface area contributed by atoms with Crippen LogP contribution in [0.2, 0.25) is 0 Å². The zero-order valence-electron chi connectivity index (χ0n) is 13.7. The molecule has 6 nitrogen and oxygen atoms in total. The van der Waals surface area contributed by atoms with E-state index in [1.165, 1.54) is 16.7 Å². The molecule has 3 rings (SSSR count). The summed E-state index contributed by atoms with van der Waals surface area (Å²) in [6.07, 6.45) is 0.516. The van der Waals surface area contributed by atoms with E-state index in [1.54, 1.807) is 36.4 Å². The summed E-state index contributed by atoms with van der Waals surface area (Å²) in [6, 6.07) is 13.1. The van der Waals surface area contributed by atoms with Crippen molar-refractivity contribution < 1.29 is 22.7 Å². The predicted octanol–water partition coefficient (Wildman–Crippen LogP) is 2.55. The Bertz CT molecular complexity index is 948. The van der Waals surface area contributed by atoms with Crippen LogP contribution in [-0.2, 0) is 17.8 Å². The van der Waals surface area contributed by atoms with Gasteiger partial charge >= 0.3 is 12.4 Å². The normalized spacial score (nSPS) is 11.0. The molecular weight excluding hydrogens is 346 g/mol. The Morgan fingerprint density at radius 2 is 1.88 bits per heavy atom. The van der Waals surface area contributed by atoms with E-state index in [0.29, 0.717) is 24.1 Å². The third-order valence-electron chi connectivity index (χ3n) is 3.76. The van der Waals surface area contributed by atoms with Gasteiger partial charge in [-0.1, -0.05) is 24.3 Å². The molecule has 1 N–H and O–H groups in total. The van der Waals surface area contributed by atoms with Crippen molar-refractivity contribution in [1.82, 2.24) is 9.88 Å². The number of hydrogen-bond acceptors (Lipinski definition) is 4. The van der Waals surface area contributed by atoms with Crippen LogP contribution in [-0.4, -0.2) is 23.6 Å². The molecule has 0 unspecified atom stereocenters. The molecule has 1 amide bonds. The number of para-hydroxylation sites is 2. The maximum atomic E-state index is 12.1. The van der Waals surface area contributed by atoms with Crippen LogP contribution in [0.4, 0.5) is 8.78 Å². The lowest BCUT2D eigenvalue weighted by Gasteiger charge is -2.07. The lowest BCUT2D eigenvalue weighted by atomic mass is 10.1. The third-order valence-corrected chi connectivity index (χ3v) is 3.76. The number of hydrogen-bond donors (Lipinski definition) is 1. The number of nitrogens with zero attached hydrogens (tertiary/aromatic N) is 1. The number of rotatable bonds is 7. The van der Waals surface area contributed by atoms with Crippen molar-refractivity contribution in [1.29, 1.82) is 0 Å². The summed E-state index contributed by atoms with van der Waals surface area (Å²) in [5.74, 6) is -0.828. The van der Waals surface area contributed by atoms with Gasteiger partial charge in [-0.15, -0.1) is 0 Å². The first-order valence-electron chi connectivity index (χ1n) is 7.92. The quantitative estimate of drug-likeness (QED) is 0.701. The molecule has 26 heavy (non-hydrogen) atoms. The zero-order chi connectivity index (χ0) is 18.5. The number of halogens is 2. The first-order chi connectivity index (χ1) is 12.5. The van der Waals surface area contributed by atoms with Crippen LogP contribution >= 0.6 is 0 Å². The van der Waals surface area contributed by atoms with Gasteiger partial charge in [-0.3, -0.25) is 9.36 Å². The number of ether oxygens (including phenoxy) is 1. The summed E-state index contributed by atoms with van der Waals surface area (Å²) in [5.41, 5.74) is 1.84. The molecule has 1 aromatic heterocycles. The first kappa shape index (κ1) is 17.7. The lowest BCUT2D eigenvalue weighted by molar-refractivity contribution is -0.121. The summed E-state index contributed by atoms with van der Waals surface area (Å²) < 4.78 is 34.8. The Morgan fingerprint density at radius 1 is 1.15 bits per heavy atom. The number of amides is 1. The minimum absolute atomic E-state index is 0.0824. The first-order valence-corrected chi connectivity index (χ1v) is 7.92. The second-order valence-corrected chi connectivity index (χ2v) is 5.54. The molecule has 1 heterocycles. The Morgan fingerprint density at radius 3 is 2.62 bits per heavy atom. The van der Waals surface area contributed by atoms with Gasteiger partial charge in [0.05, 0.1) is 5.52 Å². The van der Waals surface area contributed by atoms with E-state index in [9.17, 15) is 18.4 Å². The van der Waals surface area contributed by atoms with Gasteiger partial charge in [-0.25, -0.2) is 4.79 Å².